The first-order chi connectivity index (χ1) is 12.6. The summed E-state index contributed by atoms with van der Waals surface area (Å²) in [6.45, 7) is 0.314. The van der Waals surface area contributed by atoms with Gasteiger partial charge in [0.2, 0.25) is 11.8 Å². The maximum atomic E-state index is 12.7. The van der Waals surface area contributed by atoms with Gasteiger partial charge in [0.05, 0.1) is 6.54 Å². The Hall–Kier alpha value is -3.48. The number of benzene rings is 2. The van der Waals surface area contributed by atoms with Crippen LogP contribution in [0.3, 0.4) is 0 Å². The van der Waals surface area contributed by atoms with Crippen molar-refractivity contribution < 1.29 is 14.4 Å². The number of nitrogens with zero attached hydrogens (tertiary/aromatic N) is 2. The molecule has 2 aromatic rings. The minimum atomic E-state index is -1.32. The summed E-state index contributed by atoms with van der Waals surface area (Å²) < 4.78 is 0. The molecule has 0 aliphatic carbocycles. The largest absolute Gasteiger partial charge is 0.351 e. The van der Waals surface area contributed by atoms with E-state index in [4.69, 9.17) is 5.84 Å². The van der Waals surface area contributed by atoms with E-state index in [-0.39, 0.29) is 18.8 Å². The van der Waals surface area contributed by atoms with Gasteiger partial charge >= 0.3 is 0 Å². The topological polar surface area (TPSA) is 105 Å². The molecule has 3 rings (SSSR count). The summed E-state index contributed by atoms with van der Waals surface area (Å²) in [5, 5.41) is 6.08. The van der Waals surface area contributed by atoms with E-state index in [1.54, 1.807) is 12.1 Å². The smallest absolute Gasteiger partial charge is 0.278 e. The lowest BCUT2D eigenvalue weighted by Gasteiger charge is -2.14. The molecule has 1 aliphatic heterocycles. The summed E-state index contributed by atoms with van der Waals surface area (Å²) >= 11 is 0. The summed E-state index contributed by atoms with van der Waals surface area (Å²) in [6.07, 6.45) is 0. The highest BCUT2D eigenvalue weighted by molar-refractivity contribution is 6.54. The molecule has 7 heteroatoms. The first kappa shape index (κ1) is 17.3. The van der Waals surface area contributed by atoms with Crippen LogP contribution >= 0.6 is 0 Å². The van der Waals surface area contributed by atoms with Crippen molar-refractivity contribution in [1.82, 2.24) is 10.2 Å². The van der Waals surface area contributed by atoms with Gasteiger partial charge in [0, 0.05) is 6.54 Å². The van der Waals surface area contributed by atoms with E-state index in [0.29, 0.717) is 0 Å². The molecule has 1 aliphatic rings. The molecule has 0 saturated carbocycles. The number of hydrogen-bond acceptors (Lipinski definition) is 5. The van der Waals surface area contributed by atoms with E-state index in [1.807, 2.05) is 48.5 Å². The van der Waals surface area contributed by atoms with Gasteiger partial charge in [0.15, 0.2) is 5.92 Å². The monoisotopic (exact) mass is 350 g/mol. The zero-order valence-electron chi connectivity index (χ0n) is 14.0. The van der Waals surface area contributed by atoms with Gasteiger partial charge in [-0.1, -0.05) is 60.7 Å². The zero-order valence-corrected chi connectivity index (χ0v) is 14.0. The van der Waals surface area contributed by atoms with Gasteiger partial charge in [0.1, 0.15) is 5.71 Å². The molecule has 0 spiro atoms. The molecule has 0 radical (unpaired) electrons. The zero-order chi connectivity index (χ0) is 18.5. The second kappa shape index (κ2) is 7.60. The average Bonchev–Trinajstić information content (AvgIpc) is 2.92. The molecule has 7 nitrogen and oxygen atoms in total. The third-order valence-electron chi connectivity index (χ3n) is 4.15. The van der Waals surface area contributed by atoms with Crippen LogP contribution in [0.2, 0.25) is 0 Å². The Balaban J connectivity index is 1.74. The van der Waals surface area contributed by atoms with Crippen LogP contribution in [0.15, 0.2) is 65.8 Å². The van der Waals surface area contributed by atoms with Crippen LogP contribution < -0.4 is 11.2 Å². The SMILES string of the molecule is NN=C1C(=O)N(Cc2ccccc2)C(=O)C1C(=O)NCc1ccccc1. The first-order valence-corrected chi connectivity index (χ1v) is 8.11. The highest BCUT2D eigenvalue weighted by Gasteiger charge is 2.48. The number of likely N-dealkylation sites (tertiary alicyclic amines) is 1. The Bertz CT molecular complexity index is 850. The standard InChI is InChI=1S/C19H18N4O3/c20-22-16-15(17(24)21-11-13-7-3-1-4-8-13)18(25)23(19(16)26)12-14-9-5-2-6-10-14/h1-10,15H,11-12,20H2,(H,21,24). The third kappa shape index (κ3) is 3.46. The second-order valence-electron chi connectivity index (χ2n) is 5.87. The molecule has 0 aromatic heterocycles. The Kier molecular flexibility index (Phi) is 5.07. The number of imide groups is 1. The molecule has 26 heavy (non-hydrogen) atoms. The third-order valence-corrected chi connectivity index (χ3v) is 4.15. The van der Waals surface area contributed by atoms with Crippen molar-refractivity contribution in [3.63, 3.8) is 0 Å². The van der Waals surface area contributed by atoms with Crippen LogP contribution in [0.5, 0.6) is 0 Å². The van der Waals surface area contributed by atoms with Crippen molar-refractivity contribution in [3.8, 4) is 0 Å². The van der Waals surface area contributed by atoms with E-state index in [9.17, 15) is 14.4 Å². The molecule has 1 heterocycles. The summed E-state index contributed by atoms with van der Waals surface area (Å²) in [4.78, 5) is 38.6. The average molecular weight is 350 g/mol. The molecule has 1 fully saturated rings. The molecular weight excluding hydrogens is 332 g/mol. The van der Waals surface area contributed by atoms with Crippen molar-refractivity contribution >= 4 is 23.4 Å². The van der Waals surface area contributed by atoms with Gasteiger partial charge < -0.3 is 11.2 Å². The van der Waals surface area contributed by atoms with Crippen molar-refractivity contribution in [2.24, 2.45) is 16.9 Å². The predicted octanol–water partition coefficient (Wildman–Crippen LogP) is 0.803. The number of carbonyl (C=O) groups excluding carboxylic acids is 3. The van der Waals surface area contributed by atoms with Crippen LogP contribution in [0.25, 0.3) is 0 Å². The summed E-state index contributed by atoms with van der Waals surface area (Å²) in [5.41, 5.74) is 1.41. The molecule has 3 N–H and O–H groups in total. The van der Waals surface area contributed by atoms with Crippen LogP contribution in [0, 0.1) is 5.92 Å². The fourth-order valence-corrected chi connectivity index (χ4v) is 2.80. The lowest BCUT2D eigenvalue weighted by atomic mass is 10.0. The predicted molar refractivity (Wildman–Crippen MR) is 95.4 cm³/mol. The van der Waals surface area contributed by atoms with E-state index >= 15 is 0 Å². The normalized spacial score (nSPS) is 18.4. The summed E-state index contributed by atoms with van der Waals surface area (Å²) in [7, 11) is 0. The van der Waals surface area contributed by atoms with E-state index in [2.05, 4.69) is 10.4 Å². The van der Waals surface area contributed by atoms with E-state index in [0.717, 1.165) is 16.0 Å². The highest BCUT2D eigenvalue weighted by Crippen LogP contribution is 2.20. The van der Waals surface area contributed by atoms with Gasteiger partial charge in [-0.25, -0.2) is 0 Å². The quantitative estimate of drug-likeness (QED) is 0.360. The Labute approximate surface area is 150 Å². The maximum absolute atomic E-state index is 12.7. The van der Waals surface area contributed by atoms with Gasteiger partial charge in [-0.3, -0.25) is 19.3 Å². The number of hydrazone groups is 1. The van der Waals surface area contributed by atoms with Gasteiger partial charge in [-0.15, -0.1) is 0 Å². The van der Waals surface area contributed by atoms with Crippen molar-refractivity contribution in [2.45, 2.75) is 13.1 Å². The molecule has 3 amide bonds. The van der Waals surface area contributed by atoms with Crippen molar-refractivity contribution in [3.05, 3.63) is 71.8 Å². The van der Waals surface area contributed by atoms with Crippen molar-refractivity contribution in [1.29, 1.82) is 0 Å². The Morgan fingerprint density at radius 1 is 1.00 bits per heavy atom. The molecule has 0 bridgehead atoms. The first-order valence-electron chi connectivity index (χ1n) is 8.11. The minimum Gasteiger partial charge on any atom is -0.351 e. The van der Waals surface area contributed by atoms with Gasteiger partial charge in [-0.05, 0) is 11.1 Å². The fourth-order valence-electron chi connectivity index (χ4n) is 2.80. The number of nitrogens with two attached hydrogens (primary N) is 1. The lowest BCUT2D eigenvalue weighted by molar-refractivity contribution is -0.141. The molecule has 1 unspecified atom stereocenters. The van der Waals surface area contributed by atoms with Crippen LogP contribution in [-0.4, -0.2) is 28.3 Å². The van der Waals surface area contributed by atoms with Gasteiger partial charge in [0.25, 0.3) is 5.91 Å². The molecule has 1 saturated heterocycles. The number of hydrogen-bond donors (Lipinski definition) is 2. The van der Waals surface area contributed by atoms with Gasteiger partial charge in [-0.2, -0.15) is 5.10 Å². The number of carbonyl (C=O) groups is 3. The summed E-state index contributed by atoms with van der Waals surface area (Å²) in [6, 6.07) is 18.3. The van der Waals surface area contributed by atoms with Crippen molar-refractivity contribution in [2.75, 3.05) is 0 Å². The number of nitrogens with one attached hydrogen (secondary N) is 1. The van der Waals surface area contributed by atoms with Crippen LogP contribution in [-0.2, 0) is 27.5 Å². The van der Waals surface area contributed by atoms with Crippen LogP contribution in [0.4, 0.5) is 0 Å². The maximum Gasteiger partial charge on any atom is 0.278 e. The highest BCUT2D eigenvalue weighted by atomic mass is 16.2. The Morgan fingerprint density at radius 3 is 2.15 bits per heavy atom. The van der Waals surface area contributed by atoms with E-state index < -0.39 is 23.6 Å². The Morgan fingerprint density at radius 2 is 1.58 bits per heavy atom. The molecular formula is C19H18N4O3. The lowest BCUT2D eigenvalue weighted by Crippen LogP contribution is -2.38. The molecule has 2 aromatic carbocycles. The summed E-state index contributed by atoms with van der Waals surface area (Å²) in [5.74, 6) is 2.12. The second-order valence-corrected chi connectivity index (χ2v) is 5.87. The number of rotatable bonds is 5. The fraction of sp³-hybridized carbons (Fsp3) is 0.158. The van der Waals surface area contributed by atoms with Crippen LogP contribution in [0.1, 0.15) is 11.1 Å². The minimum absolute atomic E-state index is 0.0694. The molecule has 1 atom stereocenters. The molecule has 132 valence electrons. The number of amides is 3. The van der Waals surface area contributed by atoms with E-state index in [1.165, 1.54) is 0 Å².